The third-order valence-electron chi connectivity index (χ3n) is 2.72. The van der Waals surface area contributed by atoms with Crippen LogP contribution in [-0.2, 0) is 0 Å². The molecule has 3 rings (SSSR count). The zero-order valence-electron chi connectivity index (χ0n) is 8.90. The van der Waals surface area contributed by atoms with Gasteiger partial charge in [0.1, 0.15) is 6.61 Å². The van der Waals surface area contributed by atoms with Crippen LogP contribution >= 0.6 is 31.9 Å². The maximum atomic E-state index is 5.91. The Morgan fingerprint density at radius 2 is 2.00 bits per heavy atom. The smallest absolute Gasteiger partial charge is 0.207 e. The van der Waals surface area contributed by atoms with Gasteiger partial charge in [0.25, 0.3) is 0 Å². The summed E-state index contributed by atoms with van der Waals surface area (Å²) in [7, 11) is 0. The zero-order valence-corrected chi connectivity index (χ0v) is 12.1. The van der Waals surface area contributed by atoms with Crippen LogP contribution in [0.15, 0.2) is 26.1 Å². The molecule has 0 bridgehead atoms. The summed E-state index contributed by atoms with van der Waals surface area (Å²) in [5, 5.41) is 0. The lowest BCUT2D eigenvalue weighted by Gasteiger charge is -2.32. The maximum Gasteiger partial charge on any atom is 0.207 e. The molecule has 17 heavy (non-hydrogen) atoms. The average molecular weight is 362 g/mol. The molecule has 2 aliphatic heterocycles. The largest absolute Gasteiger partial charge is 0.484 e. The van der Waals surface area contributed by atoms with Gasteiger partial charge in [-0.15, -0.1) is 0 Å². The number of fused-ring (bicyclic) bond motifs is 1. The molecule has 0 amide bonds. The fourth-order valence-corrected chi connectivity index (χ4v) is 2.48. The number of aliphatic imine (C=N–C) groups is 1. The molecular weight excluding hydrogens is 352 g/mol. The average Bonchev–Trinajstić information content (AvgIpc) is 2.83. The number of rotatable bonds is 1. The second-order valence-electron chi connectivity index (χ2n) is 3.86. The van der Waals surface area contributed by atoms with Crippen LogP contribution in [0.1, 0.15) is 0 Å². The number of hydrogen-bond donors (Lipinski definition) is 0. The van der Waals surface area contributed by atoms with Crippen LogP contribution in [-0.4, -0.2) is 37.2 Å². The van der Waals surface area contributed by atoms with E-state index in [1.165, 1.54) is 0 Å². The lowest BCUT2D eigenvalue weighted by atomic mass is 10.3. The van der Waals surface area contributed by atoms with Crippen molar-refractivity contribution in [1.29, 1.82) is 0 Å². The number of halogens is 2. The summed E-state index contributed by atoms with van der Waals surface area (Å²) in [4.78, 5) is 6.23. The molecule has 2 aliphatic rings. The minimum Gasteiger partial charge on any atom is -0.484 e. The SMILES string of the molecule is Brc1cc2c(cc1Br)OC(N1C=NCC1)CO2. The standard InChI is InChI=1S/C11H10Br2N2O2/c12-7-3-9-10(4-8(7)13)17-11(5-16-9)15-2-1-14-6-15/h3-4,6,11H,1-2,5H2. The molecule has 4 nitrogen and oxygen atoms in total. The van der Waals surface area contributed by atoms with E-state index < -0.39 is 0 Å². The van der Waals surface area contributed by atoms with Gasteiger partial charge in [-0.1, -0.05) is 0 Å². The molecule has 0 aromatic heterocycles. The summed E-state index contributed by atoms with van der Waals surface area (Å²) in [6.07, 6.45) is 1.74. The molecule has 6 heteroatoms. The molecule has 1 aromatic carbocycles. The van der Waals surface area contributed by atoms with Crippen LogP contribution in [0.25, 0.3) is 0 Å². The van der Waals surface area contributed by atoms with Gasteiger partial charge in [0.05, 0.1) is 12.9 Å². The Morgan fingerprint density at radius 3 is 2.71 bits per heavy atom. The van der Waals surface area contributed by atoms with E-state index in [2.05, 4.69) is 41.8 Å². The topological polar surface area (TPSA) is 34.1 Å². The highest BCUT2D eigenvalue weighted by Crippen LogP contribution is 2.39. The van der Waals surface area contributed by atoms with Crippen LogP contribution in [0, 0.1) is 0 Å². The van der Waals surface area contributed by atoms with Gasteiger partial charge >= 0.3 is 0 Å². The zero-order chi connectivity index (χ0) is 11.8. The van der Waals surface area contributed by atoms with E-state index in [1.807, 2.05) is 18.5 Å². The van der Waals surface area contributed by atoms with Gasteiger partial charge in [-0.2, -0.15) is 0 Å². The maximum absolute atomic E-state index is 5.91. The van der Waals surface area contributed by atoms with E-state index in [4.69, 9.17) is 9.47 Å². The van der Waals surface area contributed by atoms with Gasteiger partial charge in [0.2, 0.25) is 6.23 Å². The van der Waals surface area contributed by atoms with E-state index in [9.17, 15) is 0 Å². The van der Waals surface area contributed by atoms with Crippen LogP contribution in [0.5, 0.6) is 11.5 Å². The monoisotopic (exact) mass is 360 g/mol. The Morgan fingerprint density at radius 1 is 1.24 bits per heavy atom. The molecule has 0 aliphatic carbocycles. The third-order valence-corrected chi connectivity index (χ3v) is 4.56. The van der Waals surface area contributed by atoms with Crippen molar-refractivity contribution in [1.82, 2.24) is 4.90 Å². The highest BCUT2D eigenvalue weighted by molar-refractivity contribution is 9.13. The number of hydrogen-bond acceptors (Lipinski definition) is 4. The Labute approximate surface area is 116 Å². The first-order valence-corrected chi connectivity index (χ1v) is 6.87. The van der Waals surface area contributed by atoms with Crippen LogP contribution in [0.4, 0.5) is 0 Å². The fraction of sp³-hybridized carbons (Fsp3) is 0.364. The third kappa shape index (κ3) is 2.15. The van der Waals surface area contributed by atoms with Crippen molar-refractivity contribution in [3.63, 3.8) is 0 Å². The lowest BCUT2D eigenvalue weighted by Crippen LogP contribution is -2.43. The molecule has 1 aromatic rings. The predicted molar refractivity (Wildman–Crippen MR) is 71.8 cm³/mol. The first-order valence-electron chi connectivity index (χ1n) is 5.28. The fourth-order valence-electron chi connectivity index (χ4n) is 1.83. The van der Waals surface area contributed by atoms with Crippen LogP contribution in [0.2, 0.25) is 0 Å². The van der Waals surface area contributed by atoms with Crippen molar-refractivity contribution >= 4 is 38.2 Å². The van der Waals surface area contributed by atoms with E-state index in [1.54, 1.807) is 0 Å². The predicted octanol–water partition coefficient (Wildman–Crippen LogP) is 2.65. The quantitative estimate of drug-likeness (QED) is 0.771. The Bertz CT molecular complexity index is 479. The first-order chi connectivity index (χ1) is 8.24. The number of ether oxygens (including phenoxy) is 2. The molecule has 0 fully saturated rings. The minimum atomic E-state index is -0.0816. The molecule has 1 atom stereocenters. The van der Waals surface area contributed by atoms with Crippen molar-refractivity contribution in [2.24, 2.45) is 4.99 Å². The molecule has 0 saturated carbocycles. The van der Waals surface area contributed by atoms with Gasteiger partial charge < -0.3 is 14.4 Å². The van der Waals surface area contributed by atoms with E-state index in [-0.39, 0.29) is 6.23 Å². The summed E-state index contributed by atoms with van der Waals surface area (Å²) in [5.41, 5.74) is 0. The van der Waals surface area contributed by atoms with E-state index in [0.29, 0.717) is 6.61 Å². The highest BCUT2D eigenvalue weighted by atomic mass is 79.9. The van der Waals surface area contributed by atoms with Crippen molar-refractivity contribution < 1.29 is 9.47 Å². The highest BCUT2D eigenvalue weighted by Gasteiger charge is 2.27. The number of benzene rings is 1. The van der Waals surface area contributed by atoms with Crippen molar-refractivity contribution in [3.8, 4) is 11.5 Å². The van der Waals surface area contributed by atoms with Gasteiger partial charge in [-0.3, -0.25) is 4.99 Å². The second-order valence-corrected chi connectivity index (χ2v) is 5.56. The van der Waals surface area contributed by atoms with E-state index in [0.717, 1.165) is 33.5 Å². The molecule has 0 saturated heterocycles. The van der Waals surface area contributed by atoms with Crippen LogP contribution in [0.3, 0.4) is 0 Å². The van der Waals surface area contributed by atoms with Gasteiger partial charge in [0, 0.05) is 15.5 Å². The summed E-state index contributed by atoms with van der Waals surface area (Å²) < 4.78 is 13.5. The van der Waals surface area contributed by atoms with E-state index >= 15 is 0 Å². The summed E-state index contributed by atoms with van der Waals surface area (Å²) in [6.45, 7) is 2.24. The minimum absolute atomic E-state index is 0.0816. The lowest BCUT2D eigenvalue weighted by molar-refractivity contribution is 0.0147. The molecule has 0 radical (unpaired) electrons. The molecule has 2 heterocycles. The summed E-state index contributed by atoms with van der Waals surface area (Å²) in [5.74, 6) is 1.53. The first kappa shape index (κ1) is 11.3. The molecule has 1 unspecified atom stereocenters. The van der Waals surface area contributed by atoms with Crippen molar-refractivity contribution in [2.75, 3.05) is 19.7 Å². The molecule has 0 N–H and O–H groups in total. The molecular formula is C11H10Br2N2O2. The van der Waals surface area contributed by atoms with Gasteiger partial charge in [0.15, 0.2) is 11.5 Å². The van der Waals surface area contributed by atoms with Gasteiger partial charge in [-0.05, 0) is 44.0 Å². The Balaban J connectivity index is 1.84. The summed E-state index contributed by atoms with van der Waals surface area (Å²) >= 11 is 6.90. The summed E-state index contributed by atoms with van der Waals surface area (Å²) in [6, 6.07) is 3.83. The normalized spacial score (nSPS) is 22.0. The molecule has 90 valence electrons. The second kappa shape index (κ2) is 4.49. The number of nitrogens with zero attached hydrogens (tertiary/aromatic N) is 2. The van der Waals surface area contributed by atoms with Crippen molar-refractivity contribution in [2.45, 2.75) is 6.23 Å². The Kier molecular flexibility index (Phi) is 3.00. The van der Waals surface area contributed by atoms with Crippen LogP contribution < -0.4 is 9.47 Å². The molecule has 0 spiro atoms. The van der Waals surface area contributed by atoms with Gasteiger partial charge in [-0.25, -0.2) is 0 Å². The van der Waals surface area contributed by atoms with Crippen molar-refractivity contribution in [3.05, 3.63) is 21.1 Å². The Hall–Kier alpha value is -0.750.